The van der Waals surface area contributed by atoms with Crippen molar-refractivity contribution in [3.63, 3.8) is 0 Å². The van der Waals surface area contributed by atoms with Crippen molar-refractivity contribution < 1.29 is 9.53 Å². The van der Waals surface area contributed by atoms with Crippen LogP contribution in [0, 0.1) is 5.41 Å². The van der Waals surface area contributed by atoms with Crippen molar-refractivity contribution in [2.75, 3.05) is 7.11 Å². The van der Waals surface area contributed by atoms with E-state index < -0.39 is 0 Å². The Hall–Kier alpha value is -1.05. The van der Waals surface area contributed by atoms with E-state index in [4.69, 9.17) is 4.74 Å². The molecule has 0 aliphatic rings. The average molecular weight is 337 g/mol. The van der Waals surface area contributed by atoms with Crippen LogP contribution in [0.2, 0.25) is 0 Å². The molecule has 0 aromatic rings. The van der Waals surface area contributed by atoms with Crippen LogP contribution in [-0.4, -0.2) is 13.1 Å². The number of hydrogen-bond donors (Lipinski definition) is 0. The topological polar surface area (TPSA) is 26.3 Å². The third kappa shape index (κ3) is 13.4. The van der Waals surface area contributed by atoms with Gasteiger partial charge in [0.05, 0.1) is 12.5 Å². The molecule has 0 radical (unpaired) electrons. The van der Waals surface area contributed by atoms with Crippen molar-refractivity contribution in [3.05, 3.63) is 24.3 Å². The Morgan fingerprint density at radius 2 is 1.38 bits per heavy atom. The van der Waals surface area contributed by atoms with Crippen molar-refractivity contribution >= 4 is 5.97 Å². The minimum atomic E-state index is -0.332. The number of esters is 1. The molecule has 0 aromatic heterocycles. The maximum atomic E-state index is 11.6. The molecule has 0 aliphatic heterocycles. The van der Waals surface area contributed by atoms with E-state index in [0.29, 0.717) is 0 Å². The summed E-state index contributed by atoms with van der Waals surface area (Å²) in [5.41, 5.74) is -0.332. The highest BCUT2D eigenvalue weighted by Gasteiger charge is 2.27. The zero-order valence-electron chi connectivity index (χ0n) is 16.6. The van der Waals surface area contributed by atoms with E-state index >= 15 is 0 Å². The number of allylic oxidation sites excluding steroid dienone is 4. The van der Waals surface area contributed by atoms with Gasteiger partial charge >= 0.3 is 5.97 Å². The summed E-state index contributed by atoms with van der Waals surface area (Å²) < 4.78 is 4.84. The average Bonchev–Trinajstić information content (AvgIpc) is 2.57. The molecule has 0 saturated heterocycles. The molecule has 0 amide bonds. The minimum absolute atomic E-state index is 0.0907. The van der Waals surface area contributed by atoms with Gasteiger partial charge in [-0.05, 0) is 52.4 Å². The first-order valence-electron chi connectivity index (χ1n) is 9.93. The first-order valence-corrected chi connectivity index (χ1v) is 9.93. The van der Waals surface area contributed by atoms with Crippen LogP contribution in [0.4, 0.5) is 0 Å². The van der Waals surface area contributed by atoms with Crippen molar-refractivity contribution in [2.45, 2.75) is 97.8 Å². The Bertz CT molecular complexity index is 353. The highest BCUT2D eigenvalue weighted by molar-refractivity contribution is 5.75. The van der Waals surface area contributed by atoms with Gasteiger partial charge in [0.1, 0.15) is 0 Å². The van der Waals surface area contributed by atoms with Gasteiger partial charge in [-0.15, -0.1) is 0 Å². The number of hydrogen-bond acceptors (Lipinski definition) is 2. The van der Waals surface area contributed by atoms with Crippen molar-refractivity contribution in [1.29, 1.82) is 0 Å². The maximum absolute atomic E-state index is 11.6. The summed E-state index contributed by atoms with van der Waals surface area (Å²) in [5, 5.41) is 0. The molecule has 0 spiro atoms. The lowest BCUT2D eigenvalue weighted by Gasteiger charge is -2.20. The van der Waals surface area contributed by atoms with Crippen LogP contribution < -0.4 is 0 Å². The first-order chi connectivity index (χ1) is 11.5. The van der Waals surface area contributed by atoms with Crippen molar-refractivity contribution in [3.8, 4) is 0 Å². The zero-order valence-corrected chi connectivity index (χ0v) is 16.6. The highest BCUT2D eigenvalue weighted by atomic mass is 16.5. The molecule has 0 aromatic carbocycles. The van der Waals surface area contributed by atoms with E-state index in [1.54, 1.807) is 0 Å². The molecule has 0 bridgehead atoms. The van der Waals surface area contributed by atoms with Crippen molar-refractivity contribution in [1.82, 2.24) is 0 Å². The molecular weight excluding hydrogens is 296 g/mol. The summed E-state index contributed by atoms with van der Waals surface area (Å²) in [5.74, 6) is -0.0907. The Labute approximate surface area is 150 Å². The van der Waals surface area contributed by atoms with Crippen LogP contribution in [0.1, 0.15) is 97.8 Å². The summed E-state index contributed by atoms with van der Waals surface area (Å²) in [6.45, 7) is 6.19. The predicted octanol–water partition coefficient (Wildman–Crippen LogP) is 7.00. The van der Waals surface area contributed by atoms with Gasteiger partial charge in [0.25, 0.3) is 0 Å². The Kier molecular flexibility index (Phi) is 14.8. The van der Waals surface area contributed by atoms with E-state index in [2.05, 4.69) is 31.2 Å². The molecule has 0 fully saturated rings. The molecule has 0 rings (SSSR count). The third-order valence-electron chi connectivity index (χ3n) is 4.49. The third-order valence-corrected chi connectivity index (χ3v) is 4.49. The summed E-state index contributed by atoms with van der Waals surface area (Å²) in [4.78, 5) is 11.6. The molecule has 0 N–H and O–H groups in total. The molecule has 24 heavy (non-hydrogen) atoms. The number of rotatable bonds is 15. The maximum Gasteiger partial charge on any atom is 0.311 e. The van der Waals surface area contributed by atoms with E-state index in [9.17, 15) is 4.79 Å². The fraction of sp³-hybridized carbons (Fsp3) is 0.773. The molecule has 0 atom stereocenters. The van der Waals surface area contributed by atoms with E-state index in [1.807, 2.05) is 13.8 Å². The van der Waals surface area contributed by atoms with Gasteiger partial charge in [0.15, 0.2) is 0 Å². The minimum Gasteiger partial charge on any atom is -0.469 e. The van der Waals surface area contributed by atoms with Gasteiger partial charge in [-0.3, -0.25) is 4.79 Å². The van der Waals surface area contributed by atoms with Gasteiger partial charge < -0.3 is 4.74 Å². The summed E-state index contributed by atoms with van der Waals surface area (Å²) in [6, 6.07) is 0. The SMILES string of the molecule is CCCCC/C=C\C/C=C\CCCCCCCC(C)(C)C(=O)OC. The first kappa shape index (κ1) is 22.9. The molecule has 0 heterocycles. The number of carbonyl (C=O) groups excluding carboxylic acids is 1. The number of carbonyl (C=O) groups is 1. The fourth-order valence-electron chi connectivity index (χ4n) is 2.76. The molecule has 0 aliphatic carbocycles. The number of ether oxygens (including phenoxy) is 1. The summed E-state index contributed by atoms with van der Waals surface area (Å²) in [7, 11) is 1.47. The second-order valence-electron chi connectivity index (χ2n) is 7.36. The van der Waals surface area contributed by atoms with Gasteiger partial charge in [-0.25, -0.2) is 0 Å². The van der Waals surface area contributed by atoms with Crippen molar-refractivity contribution in [2.24, 2.45) is 5.41 Å². The lowest BCUT2D eigenvalue weighted by molar-refractivity contribution is -0.151. The molecule has 2 heteroatoms. The molecular formula is C22H40O2. The highest BCUT2D eigenvalue weighted by Crippen LogP contribution is 2.25. The monoisotopic (exact) mass is 336 g/mol. The van der Waals surface area contributed by atoms with Gasteiger partial charge in [-0.2, -0.15) is 0 Å². The standard InChI is InChI=1S/C22H40O2/c1-5-6-7-8-9-10-11-12-13-14-15-16-17-18-19-20-22(2,3)21(23)24-4/h9-10,12-13H,5-8,11,14-20H2,1-4H3/b10-9-,13-12-. The van der Waals surface area contributed by atoms with E-state index in [0.717, 1.165) is 19.3 Å². The largest absolute Gasteiger partial charge is 0.469 e. The van der Waals surface area contributed by atoms with Crippen LogP contribution in [0.15, 0.2) is 24.3 Å². The molecule has 0 unspecified atom stereocenters. The van der Waals surface area contributed by atoms with Crippen LogP contribution in [0.5, 0.6) is 0 Å². The van der Waals surface area contributed by atoms with Crippen LogP contribution >= 0.6 is 0 Å². The zero-order chi connectivity index (χ0) is 18.1. The molecule has 0 saturated carbocycles. The lowest BCUT2D eigenvalue weighted by Crippen LogP contribution is -2.25. The van der Waals surface area contributed by atoms with Crippen LogP contribution in [0.3, 0.4) is 0 Å². The molecule has 140 valence electrons. The predicted molar refractivity (Wildman–Crippen MR) is 105 cm³/mol. The second kappa shape index (κ2) is 15.5. The van der Waals surface area contributed by atoms with Gasteiger partial charge in [0.2, 0.25) is 0 Å². The number of unbranched alkanes of at least 4 members (excludes halogenated alkanes) is 8. The summed E-state index contributed by atoms with van der Waals surface area (Å²) >= 11 is 0. The Morgan fingerprint density at radius 3 is 1.96 bits per heavy atom. The summed E-state index contributed by atoms with van der Waals surface area (Å²) in [6.07, 6.45) is 23.8. The Morgan fingerprint density at radius 1 is 0.833 bits per heavy atom. The smallest absolute Gasteiger partial charge is 0.311 e. The fourth-order valence-corrected chi connectivity index (χ4v) is 2.76. The van der Waals surface area contributed by atoms with Gasteiger partial charge in [0, 0.05) is 0 Å². The van der Waals surface area contributed by atoms with Gasteiger partial charge in [-0.1, -0.05) is 69.8 Å². The quantitative estimate of drug-likeness (QED) is 0.183. The van der Waals surface area contributed by atoms with E-state index in [1.165, 1.54) is 64.9 Å². The second-order valence-corrected chi connectivity index (χ2v) is 7.36. The normalized spacial score (nSPS) is 12.3. The van der Waals surface area contributed by atoms with Crippen LogP contribution in [-0.2, 0) is 9.53 Å². The number of methoxy groups -OCH3 is 1. The Balaban J connectivity index is 3.42. The molecule has 2 nitrogen and oxygen atoms in total. The van der Waals surface area contributed by atoms with E-state index in [-0.39, 0.29) is 11.4 Å². The lowest BCUT2D eigenvalue weighted by atomic mass is 9.87. The van der Waals surface area contributed by atoms with Crippen LogP contribution in [0.25, 0.3) is 0 Å².